The number of guanidine groups is 1. The predicted octanol–water partition coefficient (Wildman–Crippen LogP) is 0.260. The lowest BCUT2D eigenvalue weighted by Gasteiger charge is -2.35. The first-order chi connectivity index (χ1) is 10.8. The Bertz CT molecular complexity index is 536. The van der Waals surface area contributed by atoms with Crippen molar-refractivity contribution >= 4 is 11.9 Å². The molecule has 0 aromatic carbocycles. The molecule has 0 spiro atoms. The van der Waals surface area contributed by atoms with E-state index in [2.05, 4.69) is 30.8 Å². The quantitative estimate of drug-likeness (QED) is 0.490. The largest absolute Gasteiger partial charge is 0.377 e. The number of aliphatic imine (C=N–C) groups is 1. The Morgan fingerprint density at radius 1 is 1.23 bits per heavy atom. The molecular weight excluding hydrogens is 280 g/mol. The average molecular weight is 302 g/mol. The summed E-state index contributed by atoms with van der Waals surface area (Å²) >= 11 is 0. The summed E-state index contributed by atoms with van der Waals surface area (Å²) in [5.74, 6) is 1.39. The van der Waals surface area contributed by atoms with Gasteiger partial charge in [0, 0.05) is 38.6 Å². The molecule has 0 bridgehead atoms. The maximum Gasteiger partial charge on any atom is 0.225 e. The van der Waals surface area contributed by atoms with Crippen LogP contribution in [0.1, 0.15) is 6.42 Å². The van der Waals surface area contributed by atoms with Crippen LogP contribution in [0.25, 0.3) is 0 Å². The zero-order valence-corrected chi connectivity index (χ0v) is 12.7. The van der Waals surface area contributed by atoms with Crippen LogP contribution in [-0.2, 0) is 4.74 Å². The second-order valence-corrected chi connectivity index (χ2v) is 5.40. The number of ether oxygens (including phenoxy) is 1. The molecule has 2 aliphatic rings. The Balaban J connectivity index is 1.51. The van der Waals surface area contributed by atoms with Crippen LogP contribution in [0.4, 0.5) is 5.95 Å². The summed E-state index contributed by atoms with van der Waals surface area (Å²) in [4.78, 5) is 17.3. The molecule has 0 atom stereocenters. The molecule has 1 fully saturated rings. The van der Waals surface area contributed by atoms with E-state index in [0.29, 0.717) is 19.1 Å². The second-order valence-electron chi connectivity index (χ2n) is 5.40. The molecule has 2 aliphatic heterocycles. The SMILES string of the molecule is NC(=NCC1=CCCOC1)N1CCN(c2ncccn2)CC1. The van der Waals surface area contributed by atoms with E-state index in [1.165, 1.54) is 5.57 Å². The van der Waals surface area contributed by atoms with E-state index in [-0.39, 0.29) is 0 Å². The lowest BCUT2D eigenvalue weighted by Crippen LogP contribution is -2.51. The third kappa shape index (κ3) is 3.73. The van der Waals surface area contributed by atoms with Crippen molar-refractivity contribution < 1.29 is 4.74 Å². The van der Waals surface area contributed by atoms with Crippen LogP contribution in [0.15, 0.2) is 35.1 Å². The molecule has 1 aromatic heterocycles. The van der Waals surface area contributed by atoms with Crippen LogP contribution in [0.3, 0.4) is 0 Å². The zero-order chi connectivity index (χ0) is 15.2. The highest BCUT2D eigenvalue weighted by Crippen LogP contribution is 2.10. The Labute approximate surface area is 130 Å². The molecule has 1 saturated heterocycles. The first-order valence-electron chi connectivity index (χ1n) is 7.65. The molecule has 0 saturated carbocycles. The monoisotopic (exact) mass is 302 g/mol. The Hall–Kier alpha value is -2.15. The van der Waals surface area contributed by atoms with Crippen molar-refractivity contribution in [3.63, 3.8) is 0 Å². The van der Waals surface area contributed by atoms with E-state index in [1.807, 2.05) is 6.07 Å². The van der Waals surface area contributed by atoms with Crippen LogP contribution >= 0.6 is 0 Å². The highest BCUT2D eigenvalue weighted by atomic mass is 16.5. The van der Waals surface area contributed by atoms with Crippen LogP contribution in [0, 0.1) is 0 Å². The van der Waals surface area contributed by atoms with E-state index in [1.54, 1.807) is 12.4 Å². The molecule has 0 aliphatic carbocycles. The van der Waals surface area contributed by atoms with Gasteiger partial charge < -0.3 is 20.3 Å². The van der Waals surface area contributed by atoms with Gasteiger partial charge in [0.15, 0.2) is 5.96 Å². The number of nitrogens with zero attached hydrogens (tertiary/aromatic N) is 5. The van der Waals surface area contributed by atoms with E-state index < -0.39 is 0 Å². The molecule has 118 valence electrons. The summed E-state index contributed by atoms with van der Waals surface area (Å²) in [5.41, 5.74) is 7.32. The number of nitrogens with two attached hydrogens (primary N) is 1. The van der Waals surface area contributed by atoms with Gasteiger partial charge in [-0.2, -0.15) is 0 Å². The normalized spacial score (nSPS) is 20.0. The number of hydrogen-bond donors (Lipinski definition) is 1. The fourth-order valence-electron chi connectivity index (χ4n) is 2.59. The minimum atomic E-state index is 0.611. The summed E-state index contributed by atoms with van der Waals surface area (Å²) in [6, 6.07) is 1.83. The van der Waals surface area contributed by atoms with Crippen LogP contribution in [0.5, 0.6) is 0 Å². The van der Waals surface area contributed by atoms with E-state index in [4.69, 9.17) is 10.5 Å². The van der Waals surface area contributed by atoms with Gasteiger partial charge in [-0.15, -0.1) is 0 Å². The molecular formula is C15H22N6O. The van der Waals surface area contributed by atoms with Gasteiger partial charge in [-0.05, 0) is 18.1 Å². The lowest BCUT2D eigenvalue weighted by atomic mass is 10.2. The third-order valence-corrected chi connectivity index (χ3v) is 3.87. The van der Waals surface area contributed by atoms with Gasteiger partial charge in [0.1, 0.15) is 0 Å². The summed E-state index contributed by atoms with van der Waals surface area (Å²) < 4.78 is 5.41. The summed E-state index contributed by atoms with van der Waals surface area (Å²) in [5, 5.41) is 0. The fourth-order valence-corrected chi connectivity index (χ4v) is 2.59. The molecule has 0 amide bonds. The van der Waals surface area contributed by atoms with E-state index in [0.717, 1.165) is 45.2 Å². The maximum absolute atomic E-state index is 6.11. The van der Waals surface area contributed by atoms with Gasteiger partial charge in [-0.1, -0.05) is 6.08 Å². The van der Waals surface area contributed by atoms with E-state index in [9.17, 15) is 0 Å². The first-order valence-corrected chi connectivity index (χ1v) is 7.65. The number of piperazine rings is 1. The minimum Gasteiger partial charge on any atom is -0.377 e. The van der Waals surface area contributed by atoms with Crippen molar-refractivity contribution in [3.8, 4) is 0 Å². The highest BCUT2D eigenvalue weighted by Gasteiger charge is 2.19. The molecule has 2 N–H and O–H groups in total. The van der Waals surface area contributed by atoms with Gasteiger partial charge >= 0.3 is 0 Å². The van der Waals surface area contributed by atoms with Crippen LogP contribution in [0.2, 0.25) is 0 Å². The van der Waals surface area contributed by atoms with Gasteiger partial charge in [0.25, 0.3) is 0 Å². The zero-order valence-electron chi connectivity index (χ0n) is 12.7. The lowest BCUT2D eigenvalue weighted by molar-refractivity contribution is 0.149. The third-order valence-electron chi connectivity index (χ3n) is 3.87. The molecule has 3 rings (SSSR count). The Morgan fingerprint density at radius 2 is 2.00 bits per heavy atom. The van der Waals surface area contributed by atoms with Crippen LogP contribution < -0.4 is 10.6 Å². The average Bonchev–Trinajstić information content (AvgIpc) is 2.61. The number of rotatable bonds is 3. The molecule has 7 heteroatoms. The maximum atomic E-state index is 6.11. The Kier molecular flexibility index (Phi) is 4.85. The molecule has 3 heterocycles. The molecule has 7 nitrogen and oxygen atoms in total. The van der Waals surface area contributed by atoms with Crippen molar-refractivity contribution in [1.82, 2.24) is 14.9 Å². The smallest absolute Gasteiger partial charge is 0.225 e. The number of anilines is 1. The molecule has 0 unspecified atom stereocenters. The topological polar surface area (TPSA) is 79.9 Å². The van der Waals surface area contributed by atoms with Gasteiger partial charge in [-0.25, -0.2) is 15.0 Å². The van der Waals surface area contributed by atoms with Crippen LogP contribution in [-0.4, -0.2) is 66.8 Å². The van der Waals surface area contributed by atoms with Crippen molar-refractivity contribution in [1.29, 1.82) is 0 Å². The summed E-state index contributed by atoms with van der Waals surface area (Å²) in [6.45, 7) is 5.50. The summed E-state index contributed by atoms with van der Waals surface area (Å²) in [6.07, 6.45) is 6.71. The van der Waals surface area contributed by atoms with Gasteiger partial charge in [0.2, 0.25) is 5.95 Å². The minimum absolute atomic E-state index is 0.611. The first kappa shape index (κ1) is 14.8. The van der Waals surface area contributed by atoms with Crippen molar-refractivity contribution in [2.75, 3.05) is 50.8 Å². The highest BCUT2D eigenvalue weighted by molar-refractivity contribution is 5.78. The molecule has 1 aromatic rings. The number of hydrogen-bond acceptors (Lipinski definition) is 5. The fraction of sp³-hybridized carbons (Fsp3) is 0.533. The van der Waals surface area contributed by atoms with Gasteiger partial charge in [-0.3, -0.25) is 0 Å². The van der Waals surface area contributed by atoms with Crippen molar-refractivity contribution in [2.24, 2.45) is 10.7 Å². The van der Waals surface area contributed by atoms with E-state index >= 15 is 0 Å². The molecule has 0 radical (unpaired) electrons. The Morgan fingerprint density at radius 3 is 2.68 bits per heavy atom. The second kappa shape index (κ2) is 7.22. The molecule has 22 heavy (non-hydrogen) atoms. The van der Waals surface area contributed by atoms with Gasteiger partial charge in [0.05, 0.1) is 19.8 Å². The van der Waals surface area contributed by atoms with Crippen molar-refractivity contribution in [3.05, 3.63) is 30.1 Å². The standard InChI is InChI=1S/C15H22N6O/c16-14(19-11-13-3-1-10-22-12-13)20-6-8-21(9-7-20)15-17-4-2-5-18-15/h2-5H,1,6-12H2,(H2,16,19). The number of aromatic nitrogens is 2. The van der Waals surface area contributed by atoms with Crippen molar-refractivity contribution in [2.45, 2.75) is 6.42 Å². The summed E-state index contributed by atoms with van der Waals surface area (Å²) in [7, 11) is 0. The predicted molar refractivity (Wildman–Crippen MR) is 85.8 cm³/mol.